The number of nitrogens with zero attached hydrogens (tertiary/aromatic N) is 3. The van der Waals surface area contributed by atoms with Gasteiger partial charge in [-0.2, -0.15) is 0 Å². The Morgan fingerprint density at radius 1 is 1.00 bits per heavy atom. The minimum absolute atomic E-state index is 0.0439. The average molecular weight is 389 g/mol. The third-order valence-electron chi connectivity index (χ3n) is 7.30. The summed E-state index contributed by atoms with van der Waals surface area (Å²) in [6.07, 6.45) is 1.20. The maximum atomic E-state index is 12.9. The Morgan fingerprint density at radius 2 is 1.54 bits per heavy atom. The highest BCUT2D eigenvalue weighted by Crippen LogP contribution is 2.63. The lowest BCUT2D eigenvalue weighted by atomic mass is 9.42. The second-order valence-electron chi connectivity index (χ2n) is 8.47. The molecule has 0 aromatic heterocycles. The molecule has 4 fully saturated rings. The Hall–Kier alpha value is -2.58. The Kier molecular flexibility index (Phi) is 3.99. The van der Waals surface area contributed by atoms with Gasteiger partial charge >= 0.3 is 6.03 Å². The Balaban J connectivity index is 1.78. The van der Waals surface area contributed by atoms with E-state index in [9.17, 15) is 19.2 Å². The number of urea groups is 1. The molecular weight excluding hydrogens is 362 g/mol. The molecule has 1 saturated carbocycles. The van der Waals surface area contributed by atoms with Crippen LogP contribution in [0.15, 0.2) is 12.4 Å². The summed E-state index contributed by atoms with van der Waals surface area (Å²) >= 11 is 0. The predicted octanol–water partition coefficient (Wildman–Crippen LogP) is -0.153. The van der Waals surface area contributed by atoms with Gasteiger partial charge in [-0.15, -0.1) is 0 Å². The van der Waals surface area contributed by atoms with Gasteiger partial charge in [-0.25, -0.2) is 4.79 Å². The van der Waals surface area contributed by atoms with E-state index >= 15 is 0 Å². The topological polar surface area (TPSA) is 102 Å². The summed E-state index contributed by atoms with van der Waals surface area (Å²) in [5.41, 5.74) is -2.04. The second kappa shape index (κ2) is 5.96. The third kappa shape index (κ3) is 2.07. The third-order valence-corrected chi connectivity index (χ3v) is 7.30. The lowest BCUT2D eigenvalue weighted by Gasteiger charge is -2.72. The van der Waals surface area contributed by atoms with Gasteiger partial charge in [0.25, 0.3) is 0 Å². The lowest BCUT2D eigenvalue weighted by molar-refractivity contribution is -0.216. The van der Waals surface area contributed by atoms with E-state index in [4.69, 9.17) is 0 Å². The molecule has 152 valence electrons. The number of amides is 5. The van der Waals surface area contributed by atoms with Crippen LogP contribution in [0.3, 0.4) is 0 Å². The van der Waals surface area contributed by atoms with Gasteiger partial charge in [-0.1, -0.05) is 13.5 Å². The number of imide groups is 1. The minimum Gasteiger partial charge on any atom is -0.351 e. The predicted molar refractivity (Wildman–Crippen MR) is 99.5 cm³/mol. The van der Waals surface area contributed by atoms with E-state index in [1.165, 1.54) is 0 Å². The molecule has 28 heavy (non-hydrogen) atoms. The minimum atomic E-state index is -1.04. The van der Waals surface area contributed by atoms with Crippen LogP contribution in [0.25, 0.3) is 0 Å². The van der Waals surface area contributed by atoms with Crippen molar-refractivity contribution in [1.29, 1.82) is 0 Å². The summed E-state index contributed by atoms with van der Waals surface area (Å²) in [5, 5.41) is 5.24. The highest BCUT2D eigenvalue weighted by atomic mass is 16.2. The largest absolute Gasteiger partial charge is 0.351 e. The first kappa shape index (κ1) is 18.8. The van der Waals surface area contributed by atoms with E-state index in [-0.39, 0.29) is 17.9 Å². The first-order valence-electron chi connectivity index (χ1n) is 9.84. The summed E-state index contributed by atoms with van der Waals surface area (Å²) in [6, 6.07) is -1.26. The fraction of sp³-hybridized carbons (Fsp3) is 0.684. The van der Waals surface area contributed by atoms with Crippen LogP contribution in [-0.2, 0) is 14.4 Å². The van der Waals surface area contributed by atoms with Gasteiger partial charge in [0.2, 0.25) is 17.7 Å². The fourth-order valence-electron chi connectivity index (χ4n) is 5.48. The van der Waals surface area contributed by atoms with Gasteiger partial charge in [0.15, 0.2) is 0 Å². The van der Waals surface area contributed by atoms with Crippen LogP contribution in [0.1, 0.15) is 33.6 Å². The first-order valence-corrected chi connectivity index (χ1v) is 9.84. The molecule has 9 nitrogen and oxygen atoms in total. The molecule has 4 unspecified atom stereocenters. The molecule has 0 aromatic rings. The molecule has 0 radical (unpaired) electrons. The average Bonchev–Trinajstić information content (AvgIpc) is 2.72. The number of nitrogens with one attached hydrogen (secondary N) is 2. The fourth-order valence-corrected chi connectivity index (χ4v) is 5.48. The van der Waals surface area contributed by atoms with E-state index in [2.05, 4.69) is 17.2 Å². The van der Waals surface area contributed by atoms with Crippen molar-refractivity contribution < 1.29 is 19.2 Å². The van der Waals surface area contributed by atoms with E-state index in [0.29, 0.717) is 38.4 Å². The van der Waals surface area contributed by atoms with Crippen molar-refractivity contribution in [2.75, 3.05) is 26.2 Å². The summed E-state index contributed by atoms with van der Waals surface area (Å²) in [7, 11) is 0. The standard InChI is InChI=1S/C19H27N5O4/c1-5-6-12(25)22-7-9-23-11(2)20-15(26)18(3)13(23)14-19(18,4)16(27)21-17(28)24(14)10-8-22/h13-14H,2,5-10H2,1,3-4H3,(H,20,26)(H,21,27,28). The maximum absolute atomic E-state index is 12.9. The molecule has 4 aliphatic rings. The van der Waals surface area contributed by atoms with Crippen LogP contribution >= 0.6 is 0 Å². The maximum Gasteiger partial charge on any atom is 0.324 e. The van der Waals surface area contributed by atoms with Crippen LogP contribution in [0.2, 0.25) is 0 Å². The van der Waals surface area contributed by atoms with Gasteiger partial charge in [0, 0.05) is 32.6 Å². The van der Waals surface area contributed by atoms with Crippen LogP contribution in [0.5, 0.6) is 0 Å². The molecule has 9 heteroatoms. The molecule has 4 rings (SSSR count). The molecular formula is C19H27N5O4. The van der Waals surface area contributed by atoms with Gasteiger partial charge in [0.1, 0.15) is 5.82 Å². The Morgan fingerprint density at radius 3 is 2.14 bits per heavy atom. The monoisotopic (exact) mass is 389 g/mol. The van der Waals surface area contributed by atoms with Crippen molar-refractivity contribution in [3.63, 3.8) is 0 Å². The van der Waals surface area contributed by atoms with Gasteiger partial charge < -0.3 is 20.0 Å². The SMILES string of the molecule is C=C1NC(=O)C2(C)C3C4N(CCN(C(=O)CCC)CCN13)C(=O)NC(=O)C42C. The van der Waals surface area contributed by atoms with Gasteiger partial charge in [-0.3, -0.25) is 19.7 Å². The summed E-state index contributed by atoms with van der Waals surface area (Å²) < 4.78 is 0. The summed E-state index contributed by atoms with van der Waals surface area (Å²) in [6.45, 7) is 11.2. The van der Waals surface area contributed by atoms with Crippen LogP contribution in [-0.4, -0.2) is 76.7 Å². The highest BCUT2D eigenvalue weighted by molar-refractivity contribution is 6.07. The quantitative estimate of drug-likeness (QED) is 0.684. The summed E-state index contributed by atoms with van der Waals surface area (Å²) in [4.78, 5) is 56.3. The lowest BCUT2D eigenvalue weighted by Crippen LogP contribution is -2.90. The van der Waals surface area contributed by atoms with Crippen molar-refractivity contribution >= 4 is 23.8 Å². The second-order valence-corrected chi connectivity index (χ2v) is 8.47. The van der Waals surface area contributed by atoms with Crippen molar-refractivity contribution in [2.24, 2.45) is 10.8 Å². The van der Waals surface area contributed by atoms with Gasteiger partial charge in [0.05, 0.1) is 22.9 Å². The zero-order valence-corrected chi connectivity index (χ0v) is 16.6. The zero-order valence-electron chi connectivity index (χ0n) is 16.6. The molecule has 3 aliphatic heterocycles. The summed E-state index contributed by atoms with van der Waals surface area (Å²) in [5.74, 6) is -0.168. The highest BCUT2D eigenvalue weighted by Gasteiger charge is 2.80. The van der Waals surface area contributed by atoms with Crippen LogP contribution in [0, 0.1) is 10.8 Å². The van der Waals surface area contributed by atoms with Crippen molar-refractivity contribution in [3.8, 4) is 0 Å². The first-order chi connectivity index (χ1) is 13.2. The number of hydrogen-bond donors (Lipinski definition) is 2. The molecule has 0 aromatic carbocycles. The smallest absolute Gasteiger partial charge is 0.324 e. The van der Waals surface area contributed by atoms with E-state index in [1.807, 2.05) is 11.8 Å². The van der Waals surface area contributed by atoms with Crippen LogP contribution in [0.4, 0.5) is 4.79 Å². The molecule has 3 saturated heterocycles. The molecule has 2 N–H and O–H groups in total. The van der Waals surface area contributed by atoms with Crippen molar-refractivity contribution in [1.82, 2.24) is 25.3 Å². The number of rotatable bonds is 2. The van der Waals surface area contributed by atoms with Crippen LogP contribution < -0.4 is 10.6 Å². The molecule has 3 heterocycles. The normalized spacial score (nSPS) is 37.2. The number of hydrogen-bond acceptors (Lipinski definition) is 5. The molecule has 1 aliphatic carbocycles. The molecule has 4 atom stereocenters. The van der Waals surface area contributed by atoms with E-state index < -0.39 is 28.8 Å². The Bertz CT molecular complexity index is 741. The van der Waals surface area contributed by atoms with Gasteiger partial charge in [-0.05, 0) is 20.3 Å². The van der Waals surface area contributed by atoms with E-state index in [0.717, 1.165) is 6.42 Å². The number of carbonyl (C=O) groups is 4. The number of carbonyl (C=O) groups excluding carboxylic acids is 4. The zero-order chi connectivity index (χ0) is 20.4. The molecule has 0 bridgehead atoms. The number of fused-ring (bicyclic) bond motifs is 1. The molecule has 5 amide bonds. The van der Waals surface area contributed by atoms with E-state index in [1.54, 1.807) is 23.6 Å². The Labute approximate surface area is 164 Å². The van der Waals surface area contributed by atoms with Crippen molar-refractivity contribution in [2.45, 2.75) is 45.7 Å². The van der Waals surface area contributed by atoms with Crippen molar-refractivity contribution in [3.05, 3.63) is 12.4 Å². The molecule has 0 spiro atoms.